The van der Waals surface area contributed by atoms with E-state index in [1.165, 1.54) is 23.3 Å². The van der Waals surface area contributed by atoms with E-state index in [4.69, 9.17) is 5.73 Å². The lowest BCUT2D eigenvalue weighted by atomic mass is 9.97. The zero-order valence-electron chi connectivity index (χ0n) is 11.1. The SMILES string of the molecule is CN1C2CCC1c1sc(N)c(C(=O)NC3CC3)c1C2. The molecule has 102 valence electrons. The number of fused-ring (bicyclic) bond motifs is 4. The Bertz CT molecular complexity index is 549. The number of nitrogens with zero attached hydrogens (tertiary/aromatic N) is 1. The largest absolute Gasteiger partial charge is 0.390 e. The van der Waals surface area contributed by atoms with Crippen LogP contribution in [0.15, 0.2) is 0 Å². The first-order chi connectivity index (χ1) is 9.15. The number of rotatable bonds is 2. The summed E-state index contributed by atoms with van der Waals surface area (Å²) in [4.78, 5) is 16.2. The molecule has 2 bridgehead atoms. The Morgan fingerprint density at radius 1 is 1.37 bits per heavy atom. The Labute approximate surface area is 117 Å². The first kappa shape index (κ1) is 11.7. The molecule has 1 amide bonds. The molecule has 1 saturated heterocycles. The average molecular weight is 277 g/mol. The summed E-state index contributed by atoms with van der Waals surface area (Å²) in [5.41, 5.74) is 8.17. The topological polar surface area (TPSA) is 58.4 Å². The molecule has 19 heavy (non-hydrogen) atoms. The summed E-state index contributed by atoms with van der Waals surface area (Å²) < 4.78 is 0. The average Bonchev–Trinajstić information content (AvgIpc) is 3.05. The quantitative estimate of drug-likeness (QED) is 0.868. The standard InChI is InChI=1S/C14H19N3OS/c1-17-8-4-5-10(17)12-9(6-8)11(13(15)19-12)14(18)16-7-2-3-7/h7-8,10H,2-6,15H2,1H3,(H,16,18). The fourth-order valence-corrected chi connectivity index (χ4v) is 4.80. The number of nitrogens with two attached hydrogens (primary N) is 1. The summed E-state index contributed by atoms with van der Waals surface area (Å²) in [6.45, 7) is 0. The van der Waals surface area contributed by atoms with Gasteiger partial charge in [-0.05, 0) is 44.7 Å². The molecule has 1 aromatic heterocycles. The number of carbonyl (C=O) groups excluding carboxylic acids is 1. The van der Waals surface area contributed by atoms with Crippen molar-refractivity contribution in [1.82, 2.24) is 10.2 Å². The minimum Gasteiger partial charge on any atom is -0.390 e. The highest BCUT2D eigenvalue weighted by Gasteiger charge is 2.41. The van der Waals surface area contributed by atoms with Crippen molar-refractivity contribution in [3.63, 3.8) is 0 Å². The third-order valence-electron chi connectivity index (χ3n) is 4.79. The molecule has 0 radical (unpaired) electrons. The second-order valence-corrected chi connectivity index (χ2v) is 7.13. The maximum Gasteiger partial charge on any atom is 0.254 e. The molecule has 2 aliphatic heterocycles. The van der Waals surface area contributed by atoms with E-state index in [-0.39, 0.29) is 5.91 Å². The first-order valence-corrected chi connectivity index (χ1v) is 7.90. The van der Waals surface area contributed by atoms with E-state index in [2.05, 4.69) is 17.3 Å². The predicted molar refractivity (Wildman–Crippen MR) is 76.4 cm³/mol. The van der Waals surface area contributed by atoms with Crippen molar-refractivity contribution in [3.8, 4) is 0 Å². The molecule has 3 heterocycles. The summed E-state index contributed by atoms with van der Waals surface area (Å²) in [5, 5.41) is 3.79. The molecule has 1 aromatic rings. The lowest BCUT2D eigenvalue weighted by molar-refractivity contribution is 0.0950. The molecule has 2 unspecified atom stereocenters. The minimum atomic E-state index is 0.0569. The molecule has 3 aliphatic rings. The number of hydrogen-bond acceptors (Lipinski definition) is 4. The Kier molecular flexibility index (Phi) is 2.45. The van der Waals surface area contributed by atoms with Gasteiger partial charge < -0.3 is 11.1 Å². The number of amides is 1. The van der Waals surface area contributed by atoms with Crippen LogP contribution in [0.1, 0.15) is 52.5 Å². The van der Waals surface area contributed by atoms with E-state index in [0.29, 0.717) is 23.1 Å². The fraction of sp³-hybridized carbons (Fsp3) is 0.643. The number of carbonyl (C=O) groups is 1. The molecule has 2 fully saturated rings. The minimum absolute atomic E-state index is 0.0569. The number of hydrogen-bond donors (Lipinski definition) is 2. The number of likely N-dealkylation sites (N-methyl/N-ethyl adjacent to an activating group) is 1. The van der Waals surface area contributed by atoms with Gasteiger partial charge in [0, 0.05) is 23.0 Å². The molecular formula is C14H19N3OS. The van der Waals surface area contributed by atoms with E-state index in [1.807, 2.05) is 0 Å². The normalized spacial score (nSPS) is 29.3. The van der Waals surface area contributed by atoms with Crippen LogP contribution in [-0.4, -0.2) is 29.9 Å². The van der Waals surface area contributed by atoms with Crippen LogP contribution >= 0.6 is 11.3 Å². The van der Waals surface area contributed by atoms with Crippen LogP contribution in [0.4, 0.5) is 5.00 Å². The molecule has 2 atom stereocenters. The number of anilines is 1. The van der Waals surface area contributed by atoms with Crippen LogP contribution in [0.3, 0.4) is 0 Å². The van der Waals surface area contributed by atoms with Gasteiger partial charge in [0.2, 0.25) is 0 Å². The van der Waals surface area contributed by atoms with Gasteiger partial charge in [-0.15, -0.1) is 11.3 Å². The van der Waals surface area contributed by atoms with Gasteiger partial charge in [0.05, 0.1) is 10.6 Å². The Morgan fingerprint density at radius 2 is 2.16 bits per heavy atom. The smallest absolute Gasteiger partial charge is 0.254 e. The van der Waals surface area contributed by atoms with Gasteiger partial charge in [-0.1, -0.05) is 0 Å². The lowest BCUT2D eigenvalue weighted by Gasteiger charge is -2.31. The zero-order chi connectivity index (χ0) is 13.1. The van der Waals surface area contributed by atoms with E-state index >= 15 is 0 Å². The molecule has 1 aliphatic carbocycles. The van der Waals surface area contributed by atoms with Gasteiger partial charge in [-0.3, -0.25) is 9.69 Å². The van der Waals surface area contributed by atoms with Crippen LogP contribution in [0.5, 0.6) is 0 Å². The summed E-state index contributed by atoms with van der Waals surface area (Å²) >= 11 is 1.63. The number of nitrogens with one attached hydrogen (secondary N) is 1. The van der Waals surface area contributed by atoms with Crippen LogP contribution in [0.25, 0.3) is 0 Å². The third kappa shape index (κ3) is 1.71. The summed E-state index contributed by atoms with van der Waals surface area (Å²) in [6, 6.07) is 1.48. The third-order valence-corrected chi connectivity index (χ3v) is 5.95. The van der Waals surface area contributed by atoms with E-state index < -0.39 is 0 Å². The molecule has 4 nitrogen and oxygen atoms in total. The maximum atomic E-state index is 12.4. The maximum absolute atomic E-state index is 12.4. The van der Waals surface area contributed by atoms with Gasteiger partial charge in [0.1, 0.15) is 0 Å². The number of nitrogen functional groups attached to an aromatic ring is 1. The van der Waals surface area contributed by atoms with E-state index in [9.17, 15) is 4.79 Å². The molecular weight excluding hydrogens is 258 g/mol. The highest BCUT2D eigenvalue weighted by Crippen LogP contribution is 2.48. The lowest BCUT2D eigenvalue weighted by Crippen LogP contribution is -2.35. The van der Waals surface area contributed by atoms with Crippen LogP contribution in [0.2, 0.25) is 0 Å². The van der Waals surface area contributed by atoms with Crippen LogP contribution in [0, 0.1) is 0 Å². The van der Waals surface area contributed by atoms with Crippen LogP contribution in [-0.2, 0) is 6.42 Å². The fourth-order valence-electron chi connectivity index (χ4n) is 3.52. The van der Waals surface area contributed by atoms with E-state index in [0.717, 1.165) is 24.8 Å². The summed E-state index contributed by atoms with van der Waals surface area (Å²) in [6.07, 6.45) is 5.67. The molecule has 4 rings (SSSR count). The first-order valence-electron chi connectivity index (χ1n) is 7.09. The Hall–Kier alpha value is -1.07. The van der Waals surface area contributed by atoms with Crippen molar-refractivity contribution in [1.29, 1.82) is 0 Å². The van der Waals surface area contributed by atoms with Crippen molar-refractivity contribution >= 4 is 22.2 Å². The predicted octanol–water partition coefficient (Wildman–Crippen LogP) is 1.91. The van der Waals surface area contributed by atoms with Crippen LogP contribution < -0.4 is 11.1 Å². The second kappa shape index (κ2) is 3.96. The molecule has 0 spiro atoms. The van der Waals surface area contributed by atoms with Gasteiger partial charge in [-0.2, -0.15) is 0 Å². The van der Waals surface area contributed by atoms with Crippen molar-refractivity contribution in [2.45, 2.75) is 50.2 Å². The second-order valence-electron chi connectivity index (χ2n) is 6.05. The monoisotopic (exact) mass is 277 g/mol. The van der Waals surface area contributed by atoms with Gasteiger partial charge >= 0.3 is 0 Å². The van der Waals surface area contributed by atoms with Crippen molar-refractivity contribution < 1.29 is 4.79 Å². The Morgan fingerprint density at radius 3 is 2.89 bits per heavy atom. The van der Waals surface area contributed by atoms with Crippen molar-refractivity contribution in [3.05, 3.63) is 16.0 Å². The summed E-state index contributed by atoms with van der Waals surface area (Å²) in [7, 11) is 2.20. The van der Waals surface area contributed by atoms with E-state index in [1.54, 1.807) is 11.3 Å². The van der Waals surface area contributed by atoms with Gasteiger partial charge in [0.15, 0.2) is 0 Å². The molecule has 5 heteroatoms. The van der Waals surface area contributed by atoms with Crippen molar-refractivity contribution in [2.24, 2.45) is 0 Å². The van der Waals surface area contributed by atoms with Gasteiger partial charge in [-0.25, -0.2) is 0 Å². The highest BCUT2D eigenvalue weighted by molar-refractivity contribution is 7.16. The molecule has 3 N–H and O–H groups in total. The zero-order valence-corrected chi connectivity index (χ0v) is 11.9. The number of thiophene rings is 1. The summed E-state index contributed by atoms with van der Waals surface area (Å²) in [5.74, 6) is 0.0569. The molecule has 1 saturated carbocycles. The highest BCUT2D eigenvalue weighted by atomic mass is 32.1. The van der Waals surface area contributed by atoms with Gasteiger partial charge in [0.25, 0.3) is 5.91 Å². The molecule has 0 aromatic carbocycles. The van der Waals surface area contributed by atoms with Crippen molar-refractivity contribution in [2.75, 3.05) is 12.8 Å². The Balaban J connectivity index is 1.73.